The van der Waals surface area contributed by atoms with Crippen molar-refractivity contribution in [2.45, 2.75) is 0 Å². The Labute approximate surface area is 81.9 Å². The molecule has 12 heavy (non-hydrogen) atoms. The summed E-state index contributed by atoms with van der Waals surface area (Å²) in [5.74, 6) is -1.02. The van der Waals surface area contributed by atoms with Crippen LogP contribution in [-0.4, -0.2) is 17.6 Å². The molecule has 0 aromatic rings. The maximum absolute atomic E-state index is 10.6. The van der Waals surface area contributed by atoms with Gasteiger partial charge in [0.2, 0.25) is 0 Å². The van der Waals surface area contributed by atoms with E-state index in [-0.39, 0.29) is 42.0 Å². The van der Waals surface area contributed by atoms with Gasteiger partial charge >= 0.3 is 5.97 Å². The molecule has 0 saturated carbocycles. The lowest BCUT2D eigenvalue weighted by Crippen LogP contribution is -3.03. The first-order chi connectivity index (χ1) is 4.70. The molecule has 0 radical (unpaired) electrons. The van der Waals surface area contributed by atoms with Gasteiger partial charge in [-0.3, -0.25) is 0 Å². The van der Waals surface area contributed by atoms with Gasteiger partial charge in [0, 0.05) is 0 Å². The summed E-state index contributed by atoms with van der Waals surface area (Å²) in [6.45, 7) is 0.0197. The van der Waals surface area contributed by atoms with E-state index in [4.69, 9.17) is 5.11 Å². The number of halogens is 2. The van der Waals surface area contributed by atoms with E-state index in [1.807, 2.05) is 0 Å². The predicted octanol–water partition coefficient (Wildman–Crippen LogP) is -0.249. The van der Waals surface area contributed by atoms with Gasteiger partial charge in [-0.1, -0.05) is 0 Å². The normalized spacial score (nSPS) is 20.1. The number of hydrogen-bond acceptors (Lipinski definition) is 2. The van der Waals surface area contributed by atoms with Gasteiger partial charge in [-0.25, -0.2) is 4.79 Å². The van der Waals surface area contributed by atoms with E-state index >= 15 is 0 Å². The highest BCUT2D eigenvalue weighted by molar-refractivity contribution is 5.87. The highest BCUT2D eigenvalue weighted by Gasteiger charge is 2.11. The average Bonchev–Trinajstić information content (AvgIpc) is 1.88. The SMILES string of the molecule is Cl.Cl.O=C(O)C1=CC=C[NH+]([O-])C1. The van der Waals surface area contributed by atoms with Gasteiger partial charge in [-0.15, -0.1) is 24.8 Å². The first kappa shape index (κ1) is 14.0. The Morgan fingerprint density at radius 2 is 2.17 bits per heavy atom. The summed E-state index contributed by atoms with van der Waals surface area (Å²) in [7, 11) is 0. The Morgan fingerprint density at radius 3 is 2.50 bits per heavy atom. The maximum atomic E-state index is 10.6. The fraction of sp³-hybridized carbons (Fsp3) is 0.167. The summed E-state index contributed by atoms with van der Waals surface area (Å²) in [4.78, 5) is 10.2. The quantitative estimate of drug-likeness (QED) is 0.591. The van der Waals surface area contributed by atoms with E-state index in [1.54, 1.807) is 0 Å². The van der Waals surface area contributed by atoms with Crippen molar-refractivity contribution in [3.05, 3.63) is 29.1 Å². The van der Waals surface area contributed by atoms with Crippen LogP contribution in [0.25, 0.3) is 0 Å². The third-order valence-corrected chi connectivity index (χ3v) is 1.22. The molecule has 0 aliphatic carbocycles. The second-order valence-electron chi connectivity index (χ2n) is 2.00. The molecule has 6 heteroatoms. The van der Waals surface area contributed by atoms with Crippen LogP contribution in [0.2, 0.25) is 0 Å². The van der Waals surface area contributed by atoms with E-state index < -0.39 is 5.97 Å². The van der Waals surface area contributed by atoms with Gasteiger partial charge in [0.15, 0.2) is 0 Å². The van der Waals surface area contributed by atoms with Crippen molar-refractivity contribution in [3.63, 3.8) is 0 Å². The Kier molecular flexibility index (Phi) is 7.02. The highest BCUT2D eigenvalue weighted by Crippen LogP contribution is 1.93. The summed E-state index contributed by atoms with van der Waals surface area (Å²) in [6, 6.07) is 0. The number of carbonyl (C=O) groups is 1. The summed E-state index contributed by atoms with van der Waals surface area (Å²) >= 11 is 0. The number of hydrogen-bond donors (Lipinski definition) is 2. The van der Waals surface area contributed by atoms with Gasteiger partial charge in [-0.2, -0.15) is 0 Å². The Hall–Kier alpha value is -0.550. The minimum atomic E-state index is -1.02. The zero-order chi connectivity index (χ0) is 7.56. The van der Waals surface area contributed by atoms with Crippen molar-refractivity contribution in [1.82, 2.24) is 0 Å². The van der Waals surface area contributed by atoms with Gasteiger partial charge in [-0.05, 0) is 12.2 Å². The topological polar surface area (TPSA) is 64.8 Å². The molecule has 0 spiro atoms. The number of nitrogens with one attached hydrogen (secondary N) is 1. The fourth-order valence-electron chi connectivity index (χ4n) is 0.724. The Morgan fingerprint density at radius 1 is 1.58 bits per heavy atom. The summed E-state index contributed by atoms with van der Waals surface area (Å²) in [5, 5.41) is 18.8. The standard InChI is InChI=1S/C6H7NO3.2ClH/c8-6(9)5-2-1-3-7(10)4-5;;/h1-3,7H,4H2,(H,8,9);2*1H. The molecule has 1 unspecified atom stereocenters. The van der Waals surface area contributed by atoms with E-state index in [0.717, 1.165) is 0 Å². The number of carboxylic acid groups (broad SMARTS) is 1. The first-order valence-electron chi connectivity index (χ1n) is 2.83. The average molecular weight is 214 g/mol. The number of allylic oxidation sites excluding steroid dienone is 2. The molecule has 0 fully saturated rings. The number of rotatable bonds is 1. The fourth-order valence-corrected chi connectivity index (χ4v) is 0.724. The molecule has 1 heterocycles. The van der Waals surface area contributed by atoms with Crippen LogP contribution < -0.4 is 5.06 Å². The predicted molar refractivity (Wildman–Crippen MR) is 48.6 cm³/mol. The lowest BCUT2D eigenvalue weighted by molar-refractivity contribution is -0.785. The van der Waals surface area contributed by atoms with Crippen molar-refractivity contribution in [3.8, 4) is 0 Å². The molecule has 4 nitrogen and oxygen atoms in total. The third-order valence-electron chi connectivity index (χ3n) is 1.22. The molecule has 1 rings (SSSR count). The van der Waals surface area contributed by atoms with Crippen LogP contribution in [0.5, 0.6) is 0 Å². The minimum Gasteiger partial charge on any atom is -0.629 e. The van der Waals surface area contributed by atoms with Crippen LogP contribution in [0, 0.1) is 5.21 Å². The zero-order valence-corrected chi connectivity index (χ0v) is 7.65. The first-order valence-corrected chi connectivity index (χ1v) is 2.83. The van der Waals surface area contributed by atoms with Crippen molar-refractivity contribution in [2.75, 3.05) is 6.54 Å². The summed E-state index contributed by atoms with van der Waals surface area (Å²) < 4.78 is 0. The molecule has 0 saturated heterocycles. The van der Waals surface area contributed by atoms with Crippen LogP contribution in [0.1, 0.15) is 0 Å². The molecule has 1 aliphatic heterocycles. The maximum Gasteiger partial charge on any atom is 0.337 e. The summed E-state index contributed by atoms with van der Waals surface area (Å²) in [5.41, 5.74) is 0.160. The van der Waals surface area contributed by atoms with Crippen LogP contribution in [0.3, 0.4) is 0 Å². The van der Waals surface area contributed by atoms with Crippen LogP contribution in [0.4, 0.5) is 0 Å². The molecule has 1 aliphatic rings. The second-order valence-corrected chi connectivity index (χ2v) is 2.00. The van der Waals surface area contributed by atoms with Gasteiger partial charge in [0.1, 0.15) is 6.54 Å². The van der Waals surface area contributed by atoms with Crippen molar-refractivity contribution >= 4 is 30.8 Å². The van der Waals surface area contributed by atoms with Crippen LogP contribution in [0.15, 0.2) is 23.9 Å². The largest absolute Gasteiger partial charge is 0.629 e. The van der Waals surface area contributed by atoms with Gasteiger partial charge < -0.3 is 15.4 Å². The van der Waals surface area contributed by atoms with E-state index in [1.165, 1.54) is 18.4 Å². The van der Waals surface area contributed by atoms with Gasteiger partial charge in [0.05, 0.1) is 11.8 Å². The number of hydroxylamine groups is 2. The molecule has 2 N–H and O–H groups in total. The molecule has 0 bridgehead atoms. The minimum absolute atomic E-state index is 0. The monoisotopic (exact) mass is 213 g/mol. The van der Waals surface area contributed by atoms with Crippen molar-refractivity contribution in [2.24, 2.45) is 0 Å². The molecule has 0 aromatic carbocycles. The number of carboxylic acids is 1. The van der Waals surface area contributed by atoms with Gasteiger partial charge in [0.25, 0.3) is 0 Å². The molecule has 0 aromatic heterocycles. The lowest BCUT2D eigenvalue weighted by atomic mass is 10.2. The van der Waals surface area contributed by atoms with Crippen molar-refractivity contribution in [1.29, 1.82) is 0 Å². The lowest BCUT2D eigenvalue weighted by Gasteiger charge is -2.19. The smallest absolute Gasteiger partial charge is 0.337 e. The zero-order valence-electron chi connectivity index (χ0n) is 6.02. The molecule has 1 atom stereocenters. The Balaban J connectivity index is 0. The van der Waals surface area contributed by atoms with E-state index in [9.17, 15) is 10.0 Å². The van der Waals surface area contributed by atoms with E-state index in [2.05, 4.69) is 0 Å². The molecule has 70 valence electrons. The Bertz CT molecular complexity index is 215. The number of aliphatic carboxylic acids is 1. The molecular weight excluding hydrogens is 205 g/mol. The van der Waals surface area contributed by atoms with E-state index in [0.29, 0.717) is 0 Å². The molecule has 0 amide bonds. The summed E-state index contributed by atoms with van der Waals surface area (Å²) in [6.07, 6.45) is 4.26. The number of quaternary nitrogens is 1. The third kappa shape index (κ3) is 3.73. The second kappa shape index (κ2) is 6.02. The van der Waals surface area contributed by atoms with Crippen molar-refractivity contribution < 1.29 is 15.0 Å². The van der Waals surface area contributed by atoms with Crippen LogP contribution >= 0.6 is 24.8 Å². The molecular formula is C6H9Cl2NO3. The van der Waals surface area contributed by atoms with Crippen LogP contribution in [-0.2, 0) is 4.79 Å². The highest BCUT2D eigenvalue weighted by atomic mass is 35.5.